The van der Waals surface area contributed by atoms with Gasteiger partial charge in [-0.1, -0.05) is 18.5 Å². The number of hydrogen-bond acceptors (Lipinski definition) is 5. The van der Waals surface area contributed by atoms with E-state index in [0.717, 1.165) is 0 Å². The van der Waals surface area contributed by atoms with E-state index in [2.05, 4.69) is 20.6 Å². The summed E-state index contributed by atoms with van der Waals surface area (Å²) in [5.74, 6) is -3.41. The van der Waals surface area contributed by atoms with Gasteiger partial charge in [0.05, 0.1) is 12.2 Å². The zero-order valence-electron chi connectivity index (χ0n) is 20.1. The Hall–Kier alpha value is -4.18. The molecular formula is C26H22ClF2N5O3. The lowest BCUT2D eigenvalue weighted by molar-refractivity contribution is -0.117. The van der Waals surface area contributed by atoms with Crippen LogP contribution in [0.4, 0.5) is 14.6 Å². The Morgan fingerprint density at radius 1 is 1.05 bits per heavy atom. The van der Waals surface area contributed by atoms with Crippen LogP contribution < -0.4 is 10.6 Å². The molecule has 0 bridgehead atoms. The number of imidazole rings is 1. The first-order valence-electron chi connectivity index (χ1n) is 11.2. The van der Waals surface area contributed by atoms with Crippen LogP contribution >= 0.6 is 11.6 Å². The summed E-state index contributed by atoms with van der Waals surface area (Å²) in [4.78, 5) is 46.7. The maximum absolute atomic E-state index is 14.1. The number of benzene rings is 2. The Labute approximate surface area is 215 Å². The van der Waals surface area contributed by atoms with Gasteiger partial charge in [-0.2, -0.15) is 0 Å². The number of amides is 2. The van der Waals surface area contributed by atoms with Gasteiger partial charge < -0.3 is 15.2 Å². The van der Waals surface area contributed by atoms with Crippen molar-refractivity contribution < 1.29 is 23.2 Å². The largest absolute Gasteiger partial charge is 0.352 e. The zero-order chi connectivity index (χ0) is 26.9. The molecule has 8 nitrogen and oxygen atoms in total. The van der Waals surface area contributed by atoms with Gasteiger partial charge in [0.1, 0.15) is 23.1 Å². The maximum atomic E-state index is 14.1. The number of nitrogens with zero attached hydrogens (tertiary/aromatic N) is 3. The quantitative estimate of drug-likeness (QED) is 0.363. The van der Waals surface area contributed by atoms with E-state index in [1.165, 1.54) is 61.1 Å². The van der Waals surface area contributed by atoms with E-state index in [0.29, 0.717) is 16.3 Å². The van der Waals surface area contributed by atoms with Crippen LogP contribution in [0.15, 0.2) is 48.7 Å². The highest BCUT2D eigenvalue weighted by atomic mass is 35.5. The smallest absolute Gasteiger partial charge is 0.287 e. The number of Topliss-reactive ketones (excluding diaryl/α,β-unsaturated/α-hetero) is 1. The lowest BCUT2D eigenvalue weighted by Crippen LogP contribution is -2.25. The van der Waals surface area contributed by atoms with Crippen molar-refractivity contribution in [3.05, 3.63) is 88.1 Å². The Morgan fingerprint density at radius 3 is 2.46 bits per heavy atom. The minimum absolute atomic E-state index is 0.00232. The highest BCUT2D eigenvalue weighted by molar-refractivity contribution is 6.31. The van der Waals surface area contributed by atoms with E-state index in [4.69, 9.17) is 11.6 Å². The van der Waals surface area contributed by atoms with Gasteiger partial charge in [0.2, 0.25) is 5.82 Å². The molecule has 0 saturated carbocycles. The van der Waals surface area contributed by atoms with Crippen molar-refractivity contribution in [3.8, 4) is 0 Å². The van der Waals surface area contributed by atoms with Gasteiger partial charge in [0.15, 0.2) is 5.82 Å². The lowest BCUT2D eigenvalue weighted by atomic mass is 9.96. The molecule has 0 aliphatic rings. The number of anilines is 1. The van der Waals surface area contributed by atoms with E-state index in [-0.39, 0.29) is 40.4 Å². The van der Waals surface area contributed by atoms with Crippen molar-refractivity contribution in [1.29, 1.82) is 0 Å². The van der Waals surface area contributed by atoms with Crippen molar-refractivity contribution in [2.24, 2.45) is 0 Å². The number of hydrogen-bond donors (Lipinski definition) is 2. The van der Waals surface area contributed by atoms with Crippen LogP contribution in [0.3, 0.4) is 0 Å². The van der Waals surface area contributed by atoms with Gasteiger partial charge in [0, 0.05) is 29.6 Å². The van der Waals surface area contributed by atoms with E-state index in [1.54, 1.807) is 13.0 Å². The molecule has 2 heterocycles. The van der Waals surface area contributed by atoms with Crippen molar-refractivity contribution in [2.75, 3.05) is 12.4 Å². The van der Waals surface area contributed by atoms with Crippen LogP contribution in [0.25, 0.3) is 10.8 Å². The minimum Gasteiger partial charge on any atom is -0.352 e. The third-order valence-corrected chi connectivity index (χ3v) is 6.17. The topological polar surface area (TPSA) is 106 Å². The SMILES string of the molecule is CNC(=O)c1nc(NC(=O)c2nccc3cc(F)ccc23)c([C@@H](C)c2cc(F)ccc2Cl)n1CC(C)=O. The van der Waals surface area contributed by atoms with Gasteiger partial charge >= 0.3 is 0 Å². The fraction of sp³-hybridized carbons (Fsp3) is 0.192. The number of nitrogens with one attached hydrogen (secondary N) is 2. The molecule has 2 aromatic heterocycles. The Morgan fingerprint density at radius 2 is 1.76 bits per heavy atom. The van der Waals surface area contributed by atoms with Gasteiger partial charge in [-0.3, -0.25) is 19.4 Å². The molecule has 4 aromatic rings. The second kappa shape index (κ2) is 10.4. The van der Waals surface area contributed by atoms with Crippen molar-refractivity contribution in [1.82, 2.24) is 19.9 Å². The number of pyridine rings is 1. The summed E-state index contributed by atoms with van der Waals surface area (Å²) < 4.78 is 29.2. The normalized spacial score (nSPS) is 11.8. The Kier molecular flexibility index (Phi) is 7.30. The van der Waals surface area contributed by atoms with Crippen LogP contribution in [-0.2, 0) is 11.3 Å². The second-order valence-electron chi connectivity index (χ2n) is 8.40. The van der Waals surface area contributed by atoms with Crippen LogP contribution in [0.2, 0.25) is 5.02 Å². The number of halogens is 3. The maximum Gasteiger partial charge on any atom is 0.287 e. The second-order valence-corrected chi connectivity index (χ2v) is 8.81. The molecule has 2 aromatic carbocycles. The third kappa shape index (κ3) is 5.19. The summed E-state index contributed by atoms with van der Waals surface area (Å²) >= 11 is 6.36. The van der Waals surface area contributed by atoms with E-state index in [9.17, 15) is 23.2 Å². The van der Waals surface area contributed by atoms with Crippen LogP contribution in [0.1, 0.15) is 52.1 Å². The van der Waals surface area contributed by atoms with Crippen LogP contribution in [0, 0.1) is 11.6 Å². The molecule has 37 heavy (non-hydrogen) atoms. The van der Waals surface area contributed by atoms with Gasteiger partial charge in [-0.15, -0.1) is 0 Å². The summed E-state index contributed by atoms with van der Waals surface area (Å²) in [6.07, 6.45) is 1.37. The predicted octanol–water partition coefficient (Wildman–Crippen LogP) is 4.72. The molecule has 0 aliphatic carbocycles. The number of rotatable bonds is 7. The molecule has 11 heteroatoms. The monoisotopic (exact) mass is 525 g/mol. The summed E-state index contributed by atoms with van der Waals surface area (Å²) in [6.45, 7) is 2.80. The molecule has 190 valence electrons. The van der Waals surface area contributed by atoms with E-state index >= 15 is 0 Å². The molecule has 0 radical (unpaired) electrons. The van der Waals surface area contributed by atoms with Crippen molar-refractivity contribution >= 4 is 45.8 Å². The van der Waals surface area contributed by atoms with Crippen LogP contribution in [0.5, 0.6) is 0 Å². The summed E-state index contributed by atoms with van der Waals surface area (Å²) in [6, 6.07) is 9.34. The summed E-state index contributed by atoms with van der Waals surface area (Å²) in [7, 11) is 1.40. The Balaban J connectivity index is 1.88. The minimum atomic E-state index is -0.696. The molecule has 1 atom stereocenters. The predicted molar refractivity (Wildman–Crippen MR) is 135 cm³/mol. The van der Waals surface area contributed by atoms with Gasteiger partial charge in [-0.25, -0.2) is 13.8 Å². The van der Waals surface area contributed by atoms with E-state index < -0.39 is 29.4 Å². The molecule has 2 amide bonds. The first kappa shape index (κ1) is 25.9. The third-order valence-electron chi connectivity index (χ3n) is 5.83. The van der Waals surface area contributed by atoms with Gasteiger partial charge in [0.25, 0.3) is 11.8 Å². The number of carbonyl (C=O) groups is 3. The number of aromatic nitrogens is 3. The number of carbonyl (C=O) groups excluding carboxylic acids is 3. The standard InChI is InChI=1S/C26H22ClF2N5O3/c1-13(35)12-34-22(14(2)19-11-17(29)5-7-20(19)27)23(32-24(34)26(37)30-3)33-25(36)21-18-6-4-16(28)10-15(18)8-9-31-21/h4-11,14H,12H2,1-3H3,(H,30,37)(H,33,36)/t14-/m0/s1. The average molecular weight is 526 g/mol. The first-order valence-corrected chi connectivity index (χ1v) is 11.6. The molecule has 0 saturated heterocycles. The molecule has 4 rings (SSSR count). The average Bonchev–Trinajstić information content (AvgIpc) is 3.20. The zero-order valence-corrected chi connectivity index (χ0v) is 20.9. The number of ketones is 1. The lowest BCUT2D eigenvalue weighted by Gasteiger charge is -2.19. The molecule has 2 N–H and O–H groups in total. The summed E-state index contributed by atoms with van der Waals surface area (Å²) in [5.41, 5.74) is 0.632. The number of fused-ring (bicyclic) bond motifs is 1. The molecule has 0 aliphatic heterocycles. The fourth-order valence-corrected chi connectivity index (χ4v) is 4.44. The highest BCUT2D eigenvalue weighted by Gasteiger charge is 2.29. The summed E-state index contributed by atoms with van der Waals surface area (Å²) in [5, 5.41) is 6.26. The van der Waals surface area contributed by atoms with E-state index in [1.807, 2.05) is 0 Å². The highest BCUT2D eigenvalue weighted by Crippen LogP contribution is 2.35. The first-order chi connectivity index (χ1) is 17.6. The molecular weight excluding hydrogens is 504 g/mol. The molecule has 0 unspecified atom stereocenters. The van der Waals surface area contributed by atoms with Gasteiger partial charge in [-0.05, 0) is 60.3 Å². The van der Waals surface area contributed by atoms with Crippen LogP contribution in [-0.4, -0.2) is 39.2 Å². The van der Waals surface area contributed by atoms with Crippen molar-refractivity contribution in [2.45, 2.75) is 26.3 Å². The molecule has 0 fully saturated rings. The fourth-order valence-electron chi connectivity index (χ4n) is 4.15. The molecule has 0 spiro atoms. The van der Waals surface area contributed by atoms with Crippen molar-refractivity contribution in [3.63, 3.8) is 0 Å². The Bertz CT molecular complexity index is 1550.